The summed E-state index contributed by atoms with van der Waals surface area (Å²) in [7, 11) is 0. The summed E-state index contributed by atoms with van der Waals surface area (Å²) in [6, 6.07) is 11.4. The van der Waals surface area contributed by atoms with E-state index >= 15 is 0 Å². The van der Waals surface area contributed by atoms with Crippen LogP contribution in [0.3, 0.4) is 0 Å². The van der Waals surface area contributed by atoms with Gasteiger partial charge in [-0.15, -0.1) is 0 Å². The van der Waals surface area contributed by atoms with Crippen molar-refractivity contribution in [1.29, 1.82) is 0 Å². The molecule has 0 N–H and O–H groups in total. The van der Waals surface area contributed by atoms with Crippen LogP contribution in [-0.4, -0.2) is 53.6 Å². The van der Waals surface area contributed by atoms with E-state index < -0.39 is 0 Å². The molecule has 4 rings (SSSR count). The molecule has 20 heavy (non-hydrogen) atoms. The van der Waals surface area contributed by atoms with Crippen molar-refractivity contribution in [3.63, 3.8) is 0 Å². The van der Waals surface area contributed by atoms with Crippen LogP contribution in [0.5, 0.6) is 0 Å². The average Bonchev–Trinajstić information content (AvgIpc) is 2.47. The van der Waals surface area contributed by atoms with Gasteiger partial charge < -0.3 is 4.90 Å². The third kappa shape index (κ3) is 2.17. The van der Waals surface area contributed by atoms with Crippen molar-refractivity contribution in [2.75, 3.05) is 42.6 Å². The van der Waals surface area contributed by atoms with Gasteiger partial charge >= 0.3 is 0 Å². The number of hydrogen-bond acceptors (Lipinski definition) is 4. The van der Waals surface area contributed by atoms with Gasteiger partial charge in [0.1, 0.15) is 0 Å². The van der Waals surface area contributed by atoms with E-state index in [1.165, 1.54) is 48.8 Å². The van der Waals surface area contributed by atoms with E-state index in [2.05, 4.69) is 56.9 Å². The van der Waals surface area contributed by atoms with Crippen LogP contribution in [0.15, 0.2) is 36.5 Å². The molecule has 2 fully saturated rings. The standard InChI is InChI=1S/C16H19N3S/c1-2-4-15-14(3-1)16(5-6-17-15)19-11-13(12-19)18-7-9-20-10-8-18/h1-6,13H,7-12H2. The lowest BCUT2D eigenvalue weighted by Crippen LogP contribution is -2.61. The summed E-state index contributed by atoms with van der Waals surface area (Å²) in [5.74, 6) is 2.60. The van der Waals surface area contributed by atoms with E-state index in [9.17, 15) is 0 Å². The molecule has 4 heteroatoms. The number of hydrogen-bond donors (Lipinski definition) is 0. The third-order valence-electron chi connectivity index (χ3n) is 4.39. The second-order valence-electron chi connectivity index (χ2n) is 5.55. The fraction of sp³-hybridized carbons (Fsp3) is 0.438. The van der Waals surface area contributed by atoms with Crippen LogP contribution < -0.4 is 4.90 Å². The van der Waals surface area contributed by atoms with E-state index in [1.807, 2.05) is 6.20 Å². The molecule has 0 radical (unpaired) electrons. The first-order valence-electron chi connectivity index (χ1n) is 7.32. The average molecular weight is 285 g/mol. The minimum Gasteiger partial charge on any atom is -0.368 e. The number of nitrogens with zero attached hydrogens (tertiary/aromatic N) is 3. The van der Waals surface area contributed by atoms with Crippen molar-refractivity contribution in [3.8, 4) is 0 Å². The molecular formula is C16H19N3S. The SMILES string of the molecule is c1ccc2c(N3CC(N4CCSCC4)C3)ccnc2c1. The Morgan fingerprint density at radius 2 is 1.85 bits per heavy atom. The lowest BCUT2D eigenvalue weighted by Gasteiger charge is -2.48. The fourth-order valence-electron chi connectivity index (χ4n) is 3.18. The Labute approximate surface area is 124 Å². The van der Waals surface area contributed by atoms with Gasteiger partial charge in [0.25, 0.3) is 0 Å². The first-order chi connectivity index (χ1) is 9.92. The lowest BCUT2D eigenvalue weighted by atomic mass is 10.0. The van der Waals surface area contributed by atoms with Crippen LogP contribution in [0, 0.1) is 0 Å². The molecule has 0 spiro atoms. The number of rotatable bonds is 2. The van der Waals surface area contributed by atoms with Gasteiger partial charge in [-0.3, -0.25) is 9.88 Å². The molecule has 0 amide bonds. The van der Waals surface area contributed by atoms with Gasteiger partial charge in [0.15, 0.2) is 0 Å². The first-order valence-corrected chi connectivity index (χ1v) is 8.48. The highest BCUT2D eigenvalue weighted by Gasteiger charge is 2.33. The zero-order chi connectivity index (χ0) is 13.4. The molecule has 1 aromatic heterocycles. The van der Waals surface area contributed by atoms with Crippen molar-refractivity contribution in [2.24, 2.45) is 0 Å². The monoisotopic (exact) mass is 285 g/mol. The number of aromatic nitrogens is 1. The number of anilines is 1. The quantitative estimate of drug-likeness (QED) is 0.844. The second-order valence-corrected chi connectivity index (χ2v) is 6.78. The van der Waals surface area contributed by atoms with E-state index in [1.54, 1.807) is 0 Å². The minimum absolute atomic E-state index is 0.753. The molecule has 104 valence electrons. The Hall–Kier alpha value is -1.26. The molecule has 2 aliphatic heterocycles. The maximum atomic E-state index is 4.45. The van der Waals surface area contributed by atoms with Crippen LogP contribution in [0.1, 0.15) is 0 Å². The first kappa shape index (κ1) is 12.5. The fourth-order valence-corrected chi connectivity index (χ4v) is 4.11. The van der Waals surface area contributed by atoms with Crippen molar-refractivity contribution >= 4 is 28.4 Å². The topological polar surface area (TPSA) is 19.4 Å². The predicted molar refractivity (Wildman–Crippen MR) is 86.6 cm³/mol. The minimum atomic E-state index is 0.753. The van der Waals surface area contributed by atoms with Crippen molar-refractivity contribution in [2.45, 2.75) is 6.04 Å². The van der Waals surface area contributed by atoms with Crippen molar-refractivity contribution < 1.29 is 0 Å². The maximum Gasteiger partial charge on any atom is 0.0722 e. The van der Waals surface area contributed by atoms with Crippen LogP contribution >= 0.6 is 11.8 Å². The molecule has 0 unspecified atom stereocenters. The maximum absolute atomic E-state index is 4.45. The highest BCUT2D eigenvalue weighted by Crippen LogP contribution is 2.30. The molecule has 0 bridgehead atoms. The molecular weight excluding hydrogens is 266 g/mol. The van der Waals surface area contributed by atoms with Gasteiger partial charge in [0, 0.05) is 61.0 Å². The van der Waals surface area contributed by atoms with Crippen LogP contribution in [-0.2, 0) is 0 Å². The molecule has 0 atom stereocenters. The molecule has 3 nitrogen and oxygen atoms in total. The van der Waals surface area contributed by atoms with Crippen molar-refractivity contribution in [1.82, 2.24) is 9.88 Å². The summed E-state index contributed by atoms with van der Waals surface area (Å²) in [6.07, 6.45) is 1.93. The Morgan fingerprint density at radius 3 is 2.70 bits per heavy atom. The van der Waals surface area contributed by atoms with Gasteiger partial charge in [0.05, 0.1) is 5.52 Å². The largest absolute Gasteiger partial charge is 0.368 e. The Balaban J connectivity index is 1.51. The van der Waals surface area contributed by atoms with Crippen LogP contribution in [0.25, 0.3) is 10.9 Å². The smallest absolute Gasteiger partial charge is 0.0722 e. The molecule has 2 aromatic rings. The van der Waals surface area contributed by atoms with E-state index in [0.717, 1.165) is 11.6 Å². The van der Waals surface area contributed by atoms with Gasteiger partial charge in [0.2, 0.25) is 0 Å². The molecule has 1 aromatic carbocycles. The summed E-state index contributed by atoms with van der Waals surface area (Å²) in [6.45, 7) is 4.86. The number of thioether (sulfide) groups is 1. The summed E-state index contributed by atoms with van der Waals surface area (Å²) in [4.78, 5) is 9.61. The Kier molecular flexibility index (Phi) is 3.28. The number of fused-ring (bicyclic) bond motifs is 1. The Morgan fingerprint density at radius 1 is 1.05 bits per heavy atom. The summed E-state index contributed by atoms with van der Waals surface area (Å²) < 4.78 is 0. The predicted octanol–water partition coefficient (Wildman–Crippen LogP) is 2.47. The summed E-state index contributed by atoms with van der Waals surface area (Å²) in [5, 5.41) is 1.28. The molecule has 3 heterocycles. The molecule has 0 aliphatic carbocycles. The summed E-state index contributed by atoms with van der Waals surface area (Å²) >= 11 is 2.09. The van der Waals surface area contributed by atoms with E-state index in [4.69, 9.17) is 0 Å². The normalized spacial score (nSPS) is 21.1. The van der Waals surface area contributed by atoms with Crippen LogP contribution in [0.4, 0.5) is 5.69 Å². The lowest BCUT2D eigenvalue weighted by molar-refractivity contribution is 0.183. The number of benzene rings is 1. The Bertz CT molecular complexity index is 598. The van der Waals surface area contributed by atoms with Crippen molar-refractivity contribution in [3.05, 3.63) is 36.5 Å². The van der Waals surface area contributed by atoms with Gasteiger partial charge in [-0.1, -0.05) is 18.2 Å². The molecule has 2 saturated heterocycles. The van der Waals surface area contributed by atoms with E-state index in [-0.39, 0.29) is 0 Å². The van der Waals surface area contributed by atoms with E-state index in [0.29, 0.717) is 0 Å². The van der Waals surface area contributed by atoms with Gasteiger partial charge in [-0.2, -0.15) is 11.8 Å². The highest BCUT2D eigenvalue weighted by atomic mass is 32.2. The van der Waals surface area contributed by atoms with Crippen LogP contribution in [0.2, 0.25) is 0 Å². The number of pyridine rings is 1. The second kappa shape index (κ2) is 5.26. The van der Waals surface area contributed by atoms with Gasteiger partial charge in [-0.05, 0) is 12.1 Å². The highest BCUT2D eigenvalue weighted by molar-refractivity contribution is 7.99. The molecule has 2 aliphatic rings. The summed E-state index contributed by atoms with van der Waals surface area (Å²) in [5.41, 5.74) is 2.45. The number of para-hydroxylation sites is 1. The third-order valence-corrected chi connectivity index (χ3v) is 5.33. The zero-order valence-corrected chi connectivity index (χ0v) is 12.4. The molecule has 0 saturated carbocycles. The van der Waals surface area contributed by atoms with Gasteiger partial charge in [-0.25, -0.2) is 0 Å². The zero-order valence-electron chi connectivity index (χ0n) is 11.5.